The number of hydrogen-bond donors (Lipinski definition) is 4. The fourth-order valence-corrected chi connectivity index (χ4v) is 8.50. The number of fused-ring (bicyclic) bond motifs is 6. The van der Waals surface area contributed by atoms with Crippen molar-refractivity contribution in [3.05, 3.63) is 121 Å². The van der Waals surface area contributed by atoms with E-state index in [1.165, 1.54) is 25.7 Å². The molecule has 2 heterocycles. The lowest BCUT2D eigenvalue weighted by molar-refractivity contribution is -0.632. The van der Waals surface area contributed by atoms with Crippen LogP contribution < -0.4 is 58.5 Å². The van der Waals surface area contributed by atoms with Crippen molar-refractivity contribution in [3.8, 4) is 34.0 Å². The average Bonchev–Trinajstić information content (AvgIpc) is 3.22. The van der Waals surface area contributed by atoms with Gasteiger partial charge in [0.25, 0.3) is 0 Å². The van der Waals surface area contributed by atoms with Gasteiger partial charge in [-0.15, -0.1) is 0 Å². The molecule has 8 rings (SSSR count). The zero-order chi connectivity index (χ0) is 40.2. The molecule has 302 valence electrons. The zero-order valence-electron chi connectivity index (χ0n) is 34.0. The van der Waals surface area contributed by atoms with Crippen molar-refractivity contribution in [2.45, 2.75) is 51.4 Å². The summed E-state index contributed by atoms with van der Waals surface area (Å²) in [6, 6.07) is 41.2. The molecule has 0 aliphatic rings. The van der Waals surface area contributed by atoms with Crippen LogP contribution in [0.25, 0.3) is 65.9 Å². The summed E-state index contributed by atoms with van der Waals surface area (Å²) in [6.45, 7) is 1.40. The minimum atomic E-state index is 0. The van der Waals surface area contributed by atoms with Gasteiger partial charge in [-0.2, -0.15) is 9.13 Å². The summed E-state index contributed by atoms with van der Waals surface area (Å²) in [4.78, 5) is 0. The Morgan fingerprint density at radius 2 is 0.746 bits per heavy atom. The maximum absolute atomic E-state index is 6.28. The van der Waals surface area contributed by atoms with Gasteiger partial charge in [-0.05, 0) is 97.8 Å². The molecular weight excluding hydrogens is 796 g/mol. The third-order valence-electron chi connectivity index (χ3n) is 11.4. The summed E-state index contributed by atoms with van der Waals surface area (Å²) in [5, 5.41) is 6.81. The van der Waals surface area contributed by atoms with E-state index >= 15 is 0 Å². The van der Waals surface area contributed by atoms with E-state index in [9.17, 15) is 0 Å². The van der Waals surface area contributed by atoms with E-state index < -0.39 is 0 Å². The molecule has 6 aromatic carbocycles. The van der Waals surface area contributed by atoms with E-state index in [1.807, 2.05) is 48.5 Å². The highest BCUT2D eigenvalue weighted by molar-refractivity contribution is 6.11. The van der Waals surface area contributed by atoms with Gasteiger partial charge in [0.1, 0.15) is 25.6 Å². The Bertz CT molecular complexity index is 2600. The first-order chi connectivity index (χ1) is 28.2. The number of pyridine rings is 2. The van der Waals surface area contributed by atoms with Crippen LogP contribution in [0, 0.1) is 0 Å². The number of rotatable bonds is 15. The summed E-state index contributed by atoms with van der Waals surface area (Å²) < 4.78 is 16.9. The first-order valence-corrected chi connectivity index (χ1v) is 20.5. The summed E-state index contributed by atoms with van der Waals surface area (Å²) in [5.41, 5.74) is 34.4. The molecule has 0 atom stereocenters. The van der Waals surface area contributed by atoms with Crippen LogP contribution >= 0.6 is 0 Å². The number of nitrogens with zero attached hydrogens (tertiary/aromatic N) is 2. The van der Waals surface area contributed by atoms with Gasteiger partial charge in [0, 0.05) is 45.7 Å². The molecule has 8 nitrogen and oxygen atoms in total. The van der Waals surface area contributed by atoms with Crippen molar-refractivity contribution in [3.63, 3.8) is 0 Å². The normalized spacial score (nSPS) is 11.4. The summed E-state index contributed by atoms with van der Waals surface area (Å²) in [7, 11) is 4.18. The number of unbranched alkanes of at least 4 members (excludes halogenated alkanes) is 7. The fourth-order valence-electron chi connectivity index (χ4n) is 8.50. The molecule has 8 aromatic rings. The Labute approximate surface area is 357 Å². The minimum absolute atomic E-state index is 0. The van der Waals surface area contributed by atoms with Gasteiger partial charge < -0.3 is 49.4 Å². The molecule has 59 heavy (non-hydrogen) atoms. The largest absolute Gasteiger partial charge is 1.00 e. The number of aromatic nitrogens is 2. The van der Waals surface area contributed by atoms with Gasteiger partial charge in [-0.25, -0.2) is 0 Å². The third-order valence-corrected chi connectivity index (χ3v) is 11.4. The van der Waals surface area contributed by atoms with E-state index in [0.29, 0.717) is 13.2 Å². The van der Waals surface area contributed by atoms with Gasteiger partial charge in [-0.1, -0.05) is 62.8 Å². The topological polar surface area (TPSA) is 130 Å². The van der Waals surface area contributed by atoms with Crippen molar-refractivity contribution in [2.24, 2.45) is 14.1 Å². The van der Waals surface area contributed by atoms with Crippen molar-refractivity contribution < 1.29 is 35.6 Å². The quantitative estimate of drug-likeness (QED) is 0.0374. The van der Waals surface area contributed by atoms with Crippen LogP contribution in [-0.4, -0.2) is 13.2 Å². The van der Waals surface area contributed by atoms with Crippen molar-refractivity contribution in [1.29, 1.82) is 0 Å². The van der Waals surface area contributed by atoms with Crippen LogP contribution in [-0.2, 0) is 14.1 Å². The Morgan fingerprint density at radius 1 is 0.390 bits per heavy atom. The van der Waals surface area contributed by atoms with E-state index in [4.69, 9.17) is 32.4 Å². The highest BCUT2D eigenvalue weighted by atomic mass is 79.9. The standard InChI is InChI=1S/C50H52N6O2.BrH/c1-55-47-31-37(53)19-23-43(47)41-21-17-35(51)29-45(41)49(55)33-13-11-15-39(27-33)57-25-9-7-5-3-4-6-8-10-26-58-40-16-12-14-34(28-40)50-46-30-36(52)18-22-42(46)44-24-20-38(54)32-48(44)56(50)2;/h11-24,27-32,53-54H,3-10,25-26,51-52H2,1-2H3;1H/p+1. The number of nitrogen functional groups attached to an aromatic ring is 4. The average molecular weight is 851 g/mol. The number of nitrogens with two attached hydrogens (primary N) is 4. The Hall–Kier alpha value is -6.06. The molecule has 0 bridgehead atoms. The maximum atomic E-state index is 6.28. The molecule has 0 fully saturated rings. The molecule has 0 amide bonds. The van der Waals surface area contributed by atoms with Gasteiger partial charge in [0.15, 0.2) is 0 Å². The first kappa shape index (κ1) is 41.1. The summed E-state index contributed by atoms with van der Waals surface area (Å²) >= 11 is 0. The van der Waals surface area contributed by atoms with Crippen LogP contribution in [0.5, 0.6) is 11.5 Å². The summed E-state index contributed by atoms with van der Waals surface area (Å²) in [5.74, 6) is 1.76. The van der Waals surface area contributed by atoms with E-state index in [1.54, 1.807) is 0 Å². The second-order valence-electron chi connectivity index (χ2n) is 15.6. The van der Waals surface area contributed by atoms with Gasteiger partial charge >= 0.3 is 0 Å². The predicted octanol–water partition coefficient (Wildman–Crippen LogP) is 7.19. The Morgan fingerprint density at radius 3 is 1.15 bits per heavy atom. The van der Waals surface area contributed by atoms with Crippen molar-refractivity contribution in [1.82, 2.24) is 0 Å². The molecule has 0 aliphatic carbocycles. The number of halogens is 1. The van der Waals surface area contributed by atoms with E-state index in [-0.39, 0.29) is 17.0 Å². The van der Waals surface area contributed by atoms with E-state index in [0.717, 1.165) is 126 Å². The van der Waals surface area contributed by atoms with Crippen LogP contribution in [0.1, 0.15) is 51.4 Å². The fraction of sp³-hybridized carbons (Fsp3) is 0.240. The van der Waals surface area contributed by atoms with Gasteiger partial charge in [0.2, 0.25) is 22.4 Å². The molecule has 9 heteroatoms. The van der Waals surface area contributed by atoms with Crippen molar-refractivity contribution in [2.75, 3.05) is 36.1 Å². The van der Waals surface area contributed by atoms with Gasteiger partial charge in [-0.3, -0.25) is 0 Å². The monoisotopic (exact) mass is 849 g/mol. The highest BCUT2D eigenvalue weighted by Gasteiger charge is 2.23. The molecule has 0 saturated carbocycles. The number of benzene rings is 6. The van der Waals surface area contributed by atoms with Crippen LogP contribution in [0.4, 0.5) is 22.7 Å². The highest BCUT2D eigenvalue weighted by Crippen LogP contribution is 2.36. The number of ether oxygens (including phenoxy) is 2. The molecule has 0 radical (unpaired) electrons. The summed E-state index contributed by atoms with van der Waals surface area (Å²) in [6.07, 6.45) is 9.31. The second kappa shape index (κ2) is 18.2. The molecule has 0 spiro atoms. The number of aryl methyl sites for hydroxylation is 2. The SMILES string of the molecule is C[n+]1c(-c2cccc(OCCCCCCCCCCOc3cccc(-c4c5cc(N)ccc5c5ccc(N)cc5[n+]4C)c3)c2)c2cc(N)ccc2c2ccc(N)cc21.[Br-]. The number of hydrogen-bond acceptors (Lipinski definition) is 6. The van der Waals surface area contributed by atoms with Crippen LogP contribution in [0.15, 0.2) is 121 Å². The predicted molar refractivity (Wildman–Crippen MR) is 242 cm³/mol. The molecule has 0 saturated heterocycles. The third kappa shape index (κ3) is 8.86. The lowest BCUT2D eigenvalue weighted by atomic mass is 9.98. The Kier molecular flexibility index (Phi) is 12.7. The number of anilines is 4. The molecule has 2 aromatic heterocycles. The minimum Gasteiger partial charge on any atom is -1.00 e. The molecule has 0 unspecified atom stereocenters. The van der Waals surface area contributed by atoms with E-state index in [2.05, 4.69) is 96.0 Å². The van der Waals surface area contributed by atoms with Gasteiger partial charge in [0.05, 0.1) is 45.9 Å². The lowest BCUT2D eigenvalue weighted by Gasteiger charge is -2.12. The molecule has 0 aliphatic heterocycles. The zero-order valence-corrected chi connectivity index (χ0v) is 35.6. The second-order valence-corrected chi connectivity index (χ2v) is 15.6. The van der Waals surface area contributed by atoms with Crippen LogP contribution in [0.2, 0.25) is 0 Å². The first-order valence-electron chi connectivity index (χ1n) is 20.5. The maximum Gasteiger partial charge on any atom is 0.220 e. The van der Waals surface area contributed by atoms with Crippen LogP contribution in [0.3, 0.4) is 0 Å². The smallest absolute Gasteiger partial charge is 0.220 e. The van der Waals surface area contributed by atoms with Crippen molar-refractivity contribution >= 4 is 66.1 Å². The molecular formula is C50H54BrN6O2+. The Balaban J connectivity index is 0.00000528. The lowest BCUT2D eigenvalue weighted by Crippen LogP contribution is -3.00. The molecule has 8 N–H and O–H groups in total.